The highest BCUT2D eigenvalue weighted by Gasteiger charge is 2.38. The van der Waals surface area contributed by atoms with Gasteiger partial charge in [0.25, 0.3) is 0 Å². The SMILES string of the molecule is CC1CCCC(N(Cc2c(F)cccc2Cl)C(=O)C2CCN(C(=O)N(C)C)CC2)C1C. The van der Waals surface area contributed by atoms with Gasteiger partial charge in [-0.05, 0) is 43.2 Å². The lowest BCUT2D eigenvalue weighted by Gasteiger charge is -2.44. The van der Waals surface area contributed by atoms with Gasteiger partial charge in [-0.3, -0.25) is 4.79 Å². The Morgan fingerprint density at radius 2 is 1.81 bits per heavy atom. The summed E-state index contributed by atoms with van der Waals surface area (Å²) in [6, 6.07) is 4.74. The zero-order valence-corrected chi connectivity index (χ0v) is 19.9. The maximum Gasteiger partial charge on any atom is 0.319 e. The number of hydrogen-bond donors (Lipinski definition) is 0. The van der Waals surface area contributed by atoms with Gasteiger partial charge in [0.2, 0.25) is 5.91 Å². The molecule has 1 heterocycles. The molecule has 1 saturated carbocycles. The van der Waals surface area contributed by atoms with E-state index in [0.717, 1.165) is 19.3 Å². The van der Waals surface area contributed by atoms with Gasteiger partial charge in [0.15, 0.2) is 0 Å². The van der Waals surface area contributed by atoms with Gasteiger partial charge in [-0.2, -0.15) is 0 Å². The molecule has 0 N–H and O–H groups in total. The van der Waals surface area contributed by atoms with E-state index in [1.807, 2.05) is 4.90 Å². The largest absolute Gasteiger partial charge is 0.335 e. The molecular weight excluding hydrogens is 417 g/mol. The number of carbonyl (C=O) groups is 2. The molecule has 31 heavy (non-hydrogen) atoms. The number of rotatable bonds is 4. The van der Waals surface area contributed by atoms with Crippen molar-refractivity contribution < 1.29 is 14.0 Å². The van der Waals surface area contributed by atoms with Crippen molar-refractivity contribution in [2.24, 2.45) is 17.8 Å². The Hall–Kier alpha value is -1.82. The maximum absolute atomic E-state index is 14.6. The van der Waals surface area contributed by atoms with E-state index in [1.165, 1.54) is 6.07 Å². The summed E-state index contributed by atoms with van der Waals surface area (Å²) in [7, 11) is 3.48. The lowest BCUT2D eigenvalue weighted by molar-refractivity contribution is -0.142. The number of likely N-dealkylation sites (tertiary alicyclic amines) is 1. The molecule has 1 saturated heterocycles. The van der Waals surface area contributed by atoms with Gasteiger partial charge in [0.05, 0.1) is 6.54 Å². The van der Waals surface area contributed by atoms with Crippen molar-refractivity contribution in [1.82, 2.24) is 14.7 Å². The van der Waals surface area contributed by atoms with Crippen molar-refractivity contribution in [3.05, 3.63) is 34.6 Å². The summed E-state index contributed by atoms with van der Waals surface area (Å²) in [6.07, 6.45) is 4.43. The number of piperidine rings is 1. The number of nitrogens with zero attached hydrogens (tertiary/aromatic N) is 3. The Kier molecular flexibility index (Phi) is 7.84. The number of amides is 3. The van der Waals surface area contributed by atoms with Gasteiger partial charge < -0.3 is 14.7 Å². The Bertz CT molecular complexity index is 775. The van der Waals surface area contributed by atoms with Crippen molar-refractivity contribution in [3.8, 4) is 0 Å². The highest BCUT2D eigenvalue weighted by Crippen LogP contribution is 2.36. The van der Waals surface area contributed by atoms with Gasteiger partial charge in [0, 0.05) is 49.7 Å². The number of benzene rings is 1. The van der Waals surface area contributed by atoms with E-state index in [-0.39, 0.29) is 36.3 Å². The molecule has 2 fully saturated rings. The van der Waals surface area contributed by atoms with Gasteiger partial charge in [-0.15, -0.1) is 0 Å². The standard InChI is InChI=1S/C24H35ClFN3O2/c1-16-7-5-10-22(17(16)2)29(15-19-20(25)8-6-9-21(19)26)23(30)18-11-13-28(14-12-18)24(31)27(3)4/h6,8-9,16-18,22H,5,7,10-15H2,1-4H3. The third kappa shape index (κ3) is 5.33. The van der Waals surface area contributed by atoms with Crippen LogP contribution >= 0.6 is 11.6 Å². The van der Waals surface area contributed by atoms with E-state index in [9.17, 15) is 14.0 Å². The Morgan fingerprint density at radius 1 is 1.13 bits per heavy atom. The average Bonchev–Trinajstić information content (AvgIpc) is 2.75. The van der Waals surface area contributed by atoms with Crippen molar-refractivity contribution in [1.29, 1.82) is 0 Å². The van der Waals surface area contributed by atoms with Crippen molar-refractivity contribution >= 4 is 23.5 Å². The minimum Gasteiger partial charge on any atom is -0.335 e. The van der Waals surface area contributed by atoms with Crippen molar-refractivity contribution in [2.45, 2.75) is 58.5 Å². The Balaban J connectivity index is 1.81. The van der Waals surface area contributed by atoms with Gasteiger partial charge in [0.1, 0.15) is 5.82 Å². The van der Waals surface area contributed by atoms with Crippen LogP contribution in [0.15, 0.2) is 18.2 Å². The second-order valence-corrected chi connectivity index (χ2v) is 9.85. The minimum absolute atomic E-state index is 0.0179. The molecule has 5 nitrogen and oxygen atoms in total. The van der Waals surface area contributed by atoms with E-state index in [4.69, 9.17) is 11.6 Å². The zero-order chi connectivity index (χ0) is 22.7. The van der Waals surface area contributed by atoms with Crippen LogP contribution in [0.3, 0.4) is 0 Å². The third-order valence-corrected chi connectivity index (χ3v) is 7.59. The molecule has 0 aromatic heterocycles. The molecule has 1 aliphatic carbocycles. The fourth-order valence-corrected chi connectivity index (χ4v) is 5.26. The van der Waals surface area contributed by atoms with Crippen LogP contribution in [0.25, 0.3) is 0 Å². The van der Waals surface area contributed by atoms with E-state index in [1.54, 1.807) is 36.0 Å². The van der Waals surface area contributed by atoms with Crippen LogP contribution in [0, 0.1) is 23.6 Å². The molecule has 3 rings (SSSR count). The number of hydrogen-bond acceptors (Lipinski definition) is 2. The van der Waals surface area contributed by atoms with Crippen LogP contribution in [0.2, 0.25) is 5.02 Å². The summed E-state index contributed by atoms with van der Waals surface area (Å²) < 4.78 is 14.6. The first-order valence-electron chi connectivity index (χ1n) is 11.4. The van der Waals surface area contributed by atoms with E-state index in [0.29, 0.717) is 48.4 Å². The van der Waals surface area contributed by atoms with E-state index >= 15 is 0 Å². The molecule has 1 aliphatic heterocycles. The zero-order valence-electron chi connectivity index (χ0n) is 19.1. The fraction of sp³-hybridized carbons (Fsp3) is 0.667. The summed E-state index contributed by atoms with van der Waals surface area (Å²) in [5.41, 5.74) is 0.392. The second kappa shape index (κ2) is 10.2. The molecule has 3 atom stereocenters. The van der Waals surface area contributed by atoms with Gasteiger partial charge in [-0.1, -0.05) is 44.4 Å². The summed E-state index contributed by atoms with van der Waals surface area (Å²) >= 11 is 6.32. The summed E-state index contributed by atoms with van der Waals surface area (Å²) in [5, 5.41) is 0.362. The smallest absolute Gasteiger partial charge is 0.319 e. The molecule has 0 spiro atoms. The average molecular weight is 452 g/mol. The number of halogens is 2. The summed E-state index contributed by atoms with van der Waals surface area (Å²) in [4.78, 5) is 31.3. The third-order valence-electron chi connectivity index (χ3n) is 7.23. The molecule has 2 aliphatic rings. The predicted molar refractivity (Wildman–Crippen MR) is 121 cm³/mol. The Morgan fingerprint density at radius 3 is 2.42 bits per heavy atom. The van der Waals surface area contributed by atoms with Crippen LogP contribution < -0.4 is 0 Å². The fourth-order valence-electron chi connectivity index (χ4n) is 5.04. The molecule has 0 bridgehead atoms. The van der Waals surface area contributed by atoms with Crippen LogP contribution in [-0.2, 0) is 11.3 Å². The van der Waals surface area contributed by atoms with Crippen molar-refractivity contribution in [2.75, 3.05) is 27.2 Å². The highest BCUT2D eigenvalue weighted by atomic mass is 35.5. The summed E-state index contributed by atoms with van der Waals surface area (Å²) in [5.74, 6) is 0.417. The lowest BCUT2D eigenvalue weighted by atomic mass is 9.76. The van der Waals surface area contributed by atoms with Gasteiger partial charge >= 0.3 is 6.03 Å². The lowest BCUT2D eigenvalue weighted by Crippen LogP contribution is -2.51. The molecule has 0 radical (unpaired) electrons. The van der Waals surface area contributed by atoms with Crippen LogP contribution in [0.5, 0.6) is 0 Å². The van der Waals surface area contributed by atoms with Crippen LogP contribution in [0.4, 0.5) is 9.18 Å². The highest BCUT2D eigenvalue weighted by molar-refractivity contribution is 6.31. The first kappa shape index (κ1) is 23.8. The molecule has 1 aromatic carbocycles. The number of carbonyl (C=O) groups excluding carboxylic acids is 2. The predicted octanol–water partition coefficient (Wildman–Crippen LogP) is 5.03. The molecule has 1 aromatic rings. The minimum atomic E-state index is -0.367. The molecule has 7 heteroatoms. The normalized spacial score (nSPS) is 24.7. The van der Waals surface area contributed by atoms with E-state index in [2.05, 4.69) is 13.8 Å². The monoisotopic (exact) mass is 451 g/mol. The first-order chi connectivity index (χ1) is 14.7. The summed E-state index contributed by atoms with van der Waals surface area (Å²) in [6.45, 7) is 5.77. The molecular formula is C24H35ClFN3O2. The quantitative estimate of drug-likeness (QED) is 0.644. The van der Waals surface area contributed by atoms with E-state index < -0.39 is 0 Å². The molecule has 3 amide bonds. The molecule has 3 unspecified atom stereocenters. The van der Waals surface area contributed by atoms with Crippen LogP contribution in [0.1, 0.15) is 51.5 Å². The van der Waals surface area contributed by atoms with Crippen LogP contribution in [-0.4, -0.2) is 59.9 Å². The van der Waals surface area contributed by atoms with Crippen molar-refractivity contribution in [3.63, 3.8) is 0 Å². The second-order valence-electron chi connectivity index (χ2n) is 9.44. The number of urea groups is 1. The Labute approximate surface area is 190 Å². The maximum atomic E-state index is 14.6. The first-order valence-corrected chi connectivity index (χ1v) is 11.8. The molecule has 172 valence electrons. The topological polar surface area (TPSA) is 43.9 Å². The van der Waals surface area contributed by atoms with Gasteiger partial charge in [-0.25, -0.2) is 9.18 Å².